The van der Waals surface area contributed by atoms with E-state index in [4.69, 9.17) is 17.0 Å². The van der Waals surface area contributed by atoms with E-state index >= 15 is 0 Å². The predicted octanol–water partition coefficient (Wildman–Crippen LogP) is 4.26. The lowest BCUT2D eigenvalue weighted by Gasteiger charge is -2.06. The van der Waals surface area contributed by atoms with Gasteiger partial charge in [0.05, 0.1) is 6.21 Å². The number of aromatic amines is 1. The van der Waals surface area contributed by atoms with Crippen LogP contribution in [-0.4, -0.2) is 26.2 Å². The van der Waals surface area contributed by atoms with Crippen molar-refractivity contribution in [3.05, 3.63) is 82.9 Å². The highest BCUT2D eigenvalue weighted by molar-refractivity contribution is 7.71. The number of aromatic hydroxyl groups is 1. The molecule has 7 heteroatoms. The van der Waals surface area contributed by atoms with Gasteiger partial charge < -0.3 is 9.84 Å². The first-order valence-electron chi connectivity index (χ1n) is 8.31. The lowest BCUT2D eigenvalue weighted by atomic mass is 10.0. The van der Waals surface area contributed by atoms with Crippen LogP contribution in [0.5, 0.6) is 11.5 Å². The summed E-state index contributed by atoms with van der Waals surface area (Å²) in [6, 6.07) is 20.7. The van der Waals surface area contributed by atoms with Gasteiger partial charge in [-0.15, -0.1) is 0 Å². The molecule has 0 aliphatic carbocycles. The number of H-pyrrole nitrogens is 1. The molecule has 1 heterocycles. The maximum Gasteiger partial charge on any atom is 0.216 e. The van der Waals surface area contributed by atoms with Gasteiger partial charge in [-0.3, -0.25) is 0 Å². The van der Waals surface area contributed by atoms with Crippen LogP contribution < -0.4 is 4.74 Å². The van der Waals surface area contributed by atoms with Crippen LogP contribution in [0.3, 0.4) is 0 Å². The summed E-state index contributed by atoms with van der Waals surface area (Å²) < 4.78 is 7.55. The fourth-order valence-electron chi connectivity index (χ4n) is 2.74. The van der Waals surface area contributed by atoms with Gasteiger partial charge in [-0.05, 0) is 41.2 Å². The van der Waals surface area contributed by atoms with Gasteiger partial charge in [-0.25, -0.2) is 5.10 Å². The summed E-state index contributed by atoms with van der Waals surface area (Å²) in [5.41, 5.74) is 0.617. The van der Waals surface area contributed by atoms with Crippen molar-refractivity contribution in [3.63, 3.8) is 0 Å². The highest BCUT2D eigenvalue weighted by atomic mass is 32.1. The van der Waals surface area contributed by atoms with E-state index in [9.17, 15) is 5.11 Å². The Morgan fingerprint density at radius 1 is 1.07 bits per heavy atom. The average molecular weight is 376 g/mol. The van der Waals surface area contributed by atoms with Crippen LogP contribution in [0.4, 0.5) is 0 Å². The third-order valence-electron chi connectivity index (χ3n) is 4.08. The summed E-state index contributed by atoms with van der Waals surface area (Å²) in [7, 11) is 0. The van der Waals surface area contributed by atoms with E-state index in [1.165, 1.54) is 4.68 Å². The quantitative estimate of drug-likeness (QED) is 0.403. The van der Waals surface area contributed by atoms with E-state index in [1.54, 1.807) is 12.3 Å². The molecular formula is C20H16N4O2S. The van der Waals surface area contributed by atoms with Gasteiger partial charge in [0.25, 0.3) is 0 Å². The third kappa shape index (κ3) is 3.58. The Bertz CT molecular complexity index is 1170. The highest BCUT2D eigenvalue weighted by Gasteiger charge is 2.08. The molecule has 0 unspecified atom stereocenters. The second-order valence-electron chi connectivity index (χ2n) is 5.82. The normalized spacial score (nSPS) is 11.3. The van der Waals surface area contributed by atoms with E-state index in [2.05, 4.69) is 15.3 Å². The minimum Gasteiger partial charge on any atom is -0.507 e. The summed E-state index contributed by atoms with van der Waals surface area (Å²) in [4.78, 5) is 0. The number of para-hydroxylation sites is 1. The van der Waals surface area contributed by atoms with Gasteiger partial charge in [0, 0.05) is 5.56 Å². The Kier molecular flexibility index (Phi) is 4.67. The number of phenols is 1. The van der Waals surface area contributed by atoms with Crippen molar-refractivity contribution in [1.82, 2.24) is 14.9 Å². The zero-order valence-electron chi connectivity index (χ0n) is 14.2. The van der Waals surface area contributed by atoms with Gasteiger partial charge in [-0.1, -0.05) is 48.5 Å². The van der Waals surface area contributed by atoms with Crippen molar-refractivity contribution in [1.29, 1.82) is 0 Å². The van der Waals surface area contributed by atoms with Gasteiger partial charge in [0.1, 0.15) is 18.1 Å². The molecule has 0 spiro atoms. The second kappa shape index (κ2) is 7.43. The molecule has 0 radical (unpaired) electrons. The van der Waals surface area contributed by atoms with Crippen LogP contribution in [0, 0.1) is 4.77 Å². The fraction of sp³-hybridized carbons (Fsp3) is 0.0500. The number of hydrogen-bond acceptors (Lipinski definition) is 5. The van der Waals surface area contributed by atoms with Crippen molar-refractivity contribution in [3.8, 4) is 11.5 Å². The average Bonchev–Trinajstić information content (AvgIpc) is 3.06. The monoisotopic (exact) mass is 376 g/mol. The number of aromatic nitrogens is 3. The first-order valence-corrected chi connectivity index (χ1v) is 8.72. The molecule has 0 saturated carbocycles. The molecule has 1 aromatic heterocycles. The molecule has 4 rings (SSSR count). The van der Waals surface area contributed by atoms with Crippen molar-refractivity contribution in [2.45, 2.75) is 6.61 Å². The van der Waals surface area contributed by atoms with E-state index < -0.39 is 0 Å². The fourth-order valence-corrected chi connectivity index (χ4v) is 2.93. The van der Waals surface area contributed by atoms with Crippen LogP contribution in [0.15, 0.2) is 71.8 Å². The van der Waals surface area contributed by atoms with E-state index in [-0.39, 0.29) is 12.4 Å². The number of nitrogens with zero attached hydrogens (tertiary/aromatic N) is 3. The SMILES string of the molecule is Oc1ccc2ccccc2c1C=Nn1c(COc2ccccc2)n[nH]c1=S. The maximum absolute atomic E-state index is 10.3. The van der Waals surface area contributed by atoms with Crippen LogP contribution in [0.1, 0.15) is 11.4 Å². The molecular weight excluding hydrogens is 360 g/mol. The molecule has 6 nitrogen and oxygen atoms in total. The van der Waals surface area contributed by atoms with Gasteiger partial charge in [-0.2, -0.15) is 14.9 Å². The number of rotatable bonds is 5. The molecule has 0 aliphatic heterocycles. The third-order valence-corrected chi connectivity index (χ3v) is 4.34. The van der Waals surface area contributed by atoms with Gasteiger partial charge in [0.15, 0.2) is 5.82 Å². The summed E-state index contributed by atoms with van der Waals surface area (Å²) in [6.07, 6.45) is 1.58. The molecule has 0 bridgehead atoms. The van der Waals surface area contributed by atoms with E-state index in [0.29, 0.717) is 16.2 Å². The minimum absolute atomic E-state index is 0.148. The molecule has 134 valence electrons. The summed E-state index contributed by atoms with van der Waals surface area (Å²) in [5, 5.41) is 23.5. The Labute approximate surface area is 160 Å². The maximum atomic E-state index is 10.3. The number of hydrogen-bond donors (Lipinski definition) is 2. The van der Waals surface area contributed by atoms with Crippen molar-refractivity contribution in [2.24, 2.45) is 5.10 Å². The highest BCUT2D eigenvalue weighted by Crippen LogP contribution is 2.25. The van der Waals surface area contributed by atoms with E-state index in [1.807, 2.05) is 60.7 Å². The minimum atomic E-state index is 0.148. The molecule has 4 aromatic rings. The number of benzene rings is 3. The van der Waals surface area contributed by atoms with Crippen molar-refractivity contribution in [2.75, 3.05) is 0 Å². The van der Waals surface area contributed by atoms with Crippen molar-refractivity contribution < 1.29 is 9.84 Å². The van der Waals surface area contributed by atoms with Crippen molar-refractivity contribution >= 4 is 29.2 Å². The largest absolute Gasteiger partial charge is 0.507 e. The Balaban J connectivity index is 1.65. The molecule has 27 heavy (non-hydrogen) atoms. The zero-order valence-corrected chi connectivity index (χ0v) is 15.1. The summed E-state index contributed by atoms with van der Waals surface area (Å²) in [5.74, 6) is 1.41. The topological polar surface area (TPSA) is 75.4 Å². The number of ether oxygens (including phenoxy) is 1. The predicted molar refractivity (Wildman–Crippen MR) is 107 cm³/mol. The van der Waals surface area contributed by atoms with Crippen LogP contribution >= 0.6 is 12.2 Å². The molecule has 0 atom stereocenters. The Hall–Kier alpha value is -3.45. The second-order valence-corrected chi connectivity index (χ2v) is 6.21. The summed E-state index contributed by atoms with van der Waals surface area (Å²) >= 11 is 5.26. The number of nitrogens with one attached hydrogen (secondary N) is 1. The molecule has 0 saturated heterocycles. The lowest BCUT2D eigenvalue weighted by Crippen LogP contribution is -2.04. The summed E-state index contributed by atoms with van der Waals surface area (Å²) in [6.45, 7) is 0.204. The molecule has 0 aliphatic rings. The van der Waals surface area contributed by atoms with Crippen LogP contribution in [0.25, 0.3) is 10.8 Å². The van der Waals surface area contributed by atoms with Gasteiger partial charge in [0.2, 0.25) is 4.77 Å². The standard InChI is InChI=1S/C20H16N4O2S/c25-18-11-10-14-6-4-5-9-16(14)17(18)12-21-24-19(22-23-20(24)27)13-26-15-7-2-1-3-8-15/h1-12,25H,13H2,(H,23,27). The van der Waals surface area contributed by atoms with Gasteiger partial charge >= 0.3 is 0 Å². The van der Waals surface area contributed by atoms with E-state index in [0.717, 1.165) is 16.5 Å². The smallest absolute Gasteiger partial charge is 0.216 e. The zero-order chi connectivity index (χ0) is 18.6. The Morgan fingerprint density at radius 2 is 1.85 bits per heavy atom. The molecule has 3 aromatic carbocycles. The lowest BCUT2D eigenvalue weighted by molar-refractivity contribution is 0.290. The molecule has 2 N–H and O–H groups in total. The number of fused-ring (bicyclic) bond motifs is 1. The molecule has 0 amide bonds. The van der Waals surface area contributed by atoms with Crippen LogP contribution in [-0.2, 0) is 6.61 Å². The van der Waals surface area contributed by atoms with Crippen LogP contribution in [0.2, 0.25) is 0 Å². The molecule has 0 fully saturated rings. The first kappa shape index (κ1) is 17.0. The Morgan fingerprint density at radius 3 is 2.70 bits per heavy atom. The number of phenolic OH excluding ortho intramolecular Hbond substituents is 1. The first-order chi connectivity index (χ1) is 13.2.